The molecule has 5 heteroatoms. The largest absolute Gasteiger partial charge is 0.361 e. The van der Waals surface area contributed by atoms with Gasteiger partial charge in [0.2, 0.25) is 5.91 Å². The summed E-state index contributed by atoms with van der Waals surface area (Å²) in [5.74, 6) is 0.0775. The number of fused-ring (bicyclic) bond motifs is 1. The van der Waals surface area contributed by atoms with Crippen molar-refractivity contribution in [3.8, 4) is 0 Å². The van der Waals surface area contributed by atoms with Crippen molar-refractivity contribution < 1.29 is 4.79 Å². The number of halogens is 1. The summed E-state index contributed by atoms with van der Waals surface area (Å²) in [5, 5.41) is 5.03. The number of hydrogen-bond acceptors (Lipinski definition) is 2. The monoisotopic (exact) mass is 383 g/mol. The van der Waals surface area contributed by atoms with Crippen LogP contribution in [0.5, 0.6) is 0 Å². The highest BCUT2D eigenvalue weighted by Crippen LogP contribution is 2.25. The van der Waals surface area contributed by atoms with Gasteiger partial charge in [-0.1, -0.05) is 48.0 Å². The highest BCUT2D eigenvalue weighted by atomic mass is 35.5. The van der Waals surface area contributed by atoms with Gasteiger partial charge in [0.25, 0.3) is 0 Å². The maximum atomic E-state index is 12.3. The van der Waals surface area contributed by atoms with Crippen LogP contribution in [0.3, 0.4) is 0 Å². The SMILES string of the molecule is CN(C)C(CNC(=O)CCCc1c[nH]c2ccccc12)c1ccccc1Cl. The molecular formula is C22H26ClN3O. The van der Waals surface area contributed by atoms with Gasteiger partial charge in [0, 0.05) is 35.1 Å². The number of carbonyl (C=O) groups excluding carboxylic acids is 1. The van der Waals surface area contributed by atoms with E-state index in [-0.39, 0.29) is 11.9 Å². The molecule has 0 aliphatic heterocycles. The molecule has 142 valence electrons. The minimum Gasteiger partial charge on any atom is -0.361 e. The summed E-state index contributed by atoms with van der Waals surface area (Å²) in [6.45, 7) is 0.544. The van der Waals surface area contributed by atoms with E-state index in [9.17, 15) is 4.79 Å². The van der Waals surface area contributed by atoms with E-state index in [1.165, 1.54) is 10.9 Å². The molecule has 2 N–H and O–H groups in total. The molecule has 0 spiro atoms. The number of rotatable bonds is 8. The Hall–Kier alpha value is -2.30. The molecule has 2 aromatic carbocycles. The van der Waals surface area contributed by atoms with Crippen molar-refractivity contribution in [2.45, 2.75) is 25.3 Å². The van der Waals surface area contributed by atoms with Crippen LogP contribution in [0.15, 0.2) is 54.7 Å². The Morgan fingerprint density at radius 3 is 2.67 bits per heavy atom. The zero-order valence-corrected chi connectivity index (χ0v) is 16.6. The number of aryl methyl sites for hydroxylation is 1. The van der Waals surface area contributed by atoms with Crippen molar-refractivity contribution in [3.63, 3.8) is 0 Å². The summed E-state index contributed by atoms with van der Waals surface area (Å²) >= 11 is 6.32. The van der Waals surface area contributed by atoms with E-state index >= 15 is 0 Å². The zero-order valence-electron chi connectivity index (χ0n) is 15.8. The summed E-state index contributed by atoms with van der Waals surface area (Å²) in [6, 6.07) is 16.1. The lowest BCUT2D eigenvalue weighted by molar-refractivity contribution is -0.121. The average Bonchev–Trinajstić information content (AvgIpc) is 3.06. The third-order valence-electron chi connectivity index (χ3n) is 4.91. The van der Waals surface area contributed by atoms with E-state index in [0.29, 0.717) is 13.0 Å². The number of hydrogen-bond donors (Lipinski definition) is 2. The quantitative estimate of drug-likeness (QED) is 0.598. The summed E-state index contributed by atoms with van der Waals surface area (Å²) in [5.41, 5.74) is 3.44. The van der Waals surface area contributed by atoms with Crippen LogP contribution in [0.1, 0.15) is 30.0 Å². The van der Waals surface area contributed by atoms with Gasteiger partial charge in [0.05, 0.1) is 6.04 Å². The summed E-state index contributed by atoms with van der Waals surface area (Å²) < 4.78 is 0. The van der Waals surface area contributed by atoms with Crippen LogP contribution in [0.4, 0.5) is 0 Å². The number of para-hydroxylation sites is 1. The van der Waals surface area contributed by atoms with Gasteiger partial charge < -0.3 is 15.2 Å². The first-order valence-electron chi connectivity index (χ1n) is 9.29. The molecule has 1 heterocycles. The Bertz CT molecular complexity index is 903. The lowest BCUT2D eigenvalue weighted by atomic mass is 10.1. The first kappa shape index (κ1) is 19.5. The number of aromatic amines is 1. The first-order chi connectivity index (χ1) is 13.1. The third kappa shape index (κ3) is 4.90. The van der Waals surface area contributed by atoms with Crippen LogP contribution in [0.2, 0.25) is 5.02 Å². The second kappa shape index (κ2) is 9.07. The molecular weight excluding hydrogens is 358 g/mol. The van der Waals surface area contributed by atoms with Gasteiger partial charge in [-0.3, -0.25) is 4.79 Å². The molecule has 4 nitrogen and oxygen atoms in total. The molecule has 0 radical (unpaired) electrons. The van der Waals surface area contributed by atoms with Crippen LogP contribution in [0, 0.1) is 0 Å². The number of benzene rings is 2. The Morgan fingerprint density at radius 2 is 1.89 bits per heavy atom. The van der Waals surface area contributed by atoms with E-state index in [4.69, 9.17) is 11.6 Å². The molecule has 0 saturated carbocycles. The Labute approximate surface area is 165 Å². The third-order valence-corrected chi connectivity index (χ3v) is 5.25. The first-order valence-corrected chi connectivity index (χ1v) is 9.66. The molecule has 1 unspecified atom stereocenters. The van der Waals surface area contributed by atoms with Crippen LogP contribution in [-0.4, -0.2) is 36.4 Å². The van der Waals surface area contributed by atoms with Crippen LogP contribution in [-0.2, 0) is 11.2 Å². The van der Waals surface area contributed by atoms with Crippen molar-refractivity contribution in [3.05, 3.63) is 70.9 Å². The fraction of sp³-hybridized carbons (Fsp3) is 0.318. The van der Waals surface area contributed by atoms with Crippen LogP contribution >= 0.6 is 11.6 Å². The highest BCUT2D eigenvalue weighted by molar-refractivity contribution is 6.31. The van der Waals surface area contributed by atoms with Gasteiger partial charge in [-0.2, -0.15) is 0 Å². The standard InChI is InChI=1S/C22H26ClN3O/c1-26(2)21(18-10-3-5-11-19(18)23)15-25-22(27)13-7-8-16-14-24-20-12-6-4-9-17(16)20/h3-6,9-12,14,21,24H,7-8,13,15H2,1-2H3,(H,25,27). The number of amides is 1. The minimum atomic E-state index is 0.0521. The molecule has 0 bridgehead atoms. The smallest absolute Gasteiger partial charge is 0.220 e. The second-order valence-corrected chi connectivity index (χ2v) is 7.43. The van der Waals surface area contributed by atoms with Crippen molar-refractivity contribution in [1.29, 1.82) is 0 Å². The molecule has 1 atom stereocenters. The molecule has 3 aromatic rings. The van der Waals surface area contributed by atoms with Gasteiger partial charge in [-0.25, -0.2) is 0 Å². The topological polar surface area (TPSA) is 48.1 Å². The van der Waals surface area contributed by atoms with E-state index in [1.54, 1.807) is 0 Å². The van der Waals surface area contributed by atoms with Crippen LogP contribution < -0.4 is 5.32 Å². The Kier molecular flexibility index (Phi) is 6.54. The van der Waals surface area contributed by atoms with Crippen molar-refractivity contribution in [1.82, 2.24) is 15.2 Å². The van der Waals surface area contributed by atoms with Gasteiger partial charge >= 0.3 is 0 Å². The number of carbonyl (C=O) groups is 1. The Balaban J connectivity index is 1.51. The zero-order chi connectivity index (χ0) is 19.2. The van der Waals surface area contributed by atoms with Crippen molar-refractivity contribution >= 4 is 28.4 Å². The fourth-order valence-electron chi connectivity index (χ4n) is 3.39. The predicted octanol–water partition coefficient (Wildman–Crippen LogP) is 4.56. The molecule has 27 heavy (non-hydrogen) atoms. The summed E-state index contributed by atoms with van der Waals surface area (Å²) in [7, 11) is 3.99. The highest BCUT2D eigenvalue weighted by Gasteiger charge is 2.17. The molecule has 0 saturated heterocycles. The van der Waals surface area contributed by atoms with Gasteiger partial charge in [0.1, 0.15) is 0 Å². The number of H-pyrrole nitrogens is 1. The number of likely N-dealkylation sites (N-methyl/N-ethyl adjacent to an activating group) is 1. The fourth-order valence-corrected chi connectivity index (χ4v) is 3.65. The van der Waals surface area contributed by atoms with Crippen LogP contribution in [0.25, 0.3) is 10.9 Å². The van der Waals surface area contributed by atoms with Crippen molar-refractivity contribution in [2.75, 3.05) is 20.6 Å². The molecule has 0 aliphatic carbocycles. The molecule has 1 aromatic heterocycles. The number of aromatic nitrogens is 1. The lowest BCUT2D eigenvalue weighted by Crippen LogP contribution is -2.34. The predicted molar refractivity (Wildman–Crippen MR) is 112 cm³/mol. The van der Waals surface area contributed by atoms with Gasteiger partial charge in [0.15, 0.2) is 0 Å². The maximum Gasteiger partial charge on any atom is 0.220 e. The van der Waals surface area contributed by atoms with E-state index in [1.807, 2.05) is 56.7 Å². The van der Waals surface area contributed by atoms with E-state index < -0.39 is 0 Å². The molecule has 1 amide bonds. The normalized spacial score (nSPS) is 12.4. The lowest BCUT2D eigenvalue weighted by Gasteiger charge is -2.26. The van der Waals surface area contributed by atoms with E-state index in [0.717, 1.165) is 28.9 Å². The maximum absolute atomic E-state index is 12.3. The van der Waals surface area contributed by atoms with Crippen molar-refractivity contribution in [2.24, 2.45) is 0 Å². The second-order valence-electron chi connectivity index (χ2n) is 7.02. The number of nitrogens with one attached hydrogen (secondary N) is 2. The number of nitrogens with zero attached hydrogens (tertiary/aromatic N) is 1. The molecule has 0 aliphatic rings. The Morgan fingerprint density at radius 1 is 1.15 bits per heavy atom. The summed E-state index contributed by atoms with van der Waals surface area (Å²) in [4.78, 5) is 17.7. The molecule has 3 rings (SSSR count). The van der Waals surface area contributed by atoms with E-state index in [2.05, 4.69) is 27.3 Å². The molecule has 0 fully saturated rings. The van der Waals surface area contributed by atoms with Gasteiger partial charge in [-0.15, -0.1) is 0 Å². The average molecular weight is 384 g/mol. The minimum absolute atomic E-state index is 0.0521. The van der Waals surface area contributed by atoms with Gasteiger partial charge in [-0.05, 0) is 50.2 Å². The summed E-state index contributed by atoms with van der Waals surface area (Å²) in [6.07, 6.45) is 4.27.